The summed E-state index contributed by atoms with van der Waals surface area (Å²) in [5.74, 6) is -2.33. The van der Waals surface area contributed by atoms with Gasteiger partial charge in [-0.2, -0.15) is 0 Å². The maximum atomic E-state index is 14.0. The summed E-state index contributed by atoms with van der Waals surface area (Å²) < 4.78 is 27.9. The minimum Gasteiger partial charge on any atom is -0.389 e. The van der Waals surface area contributed by atoms with Crippen LogP contribution in [0, 0.1) is 11.6 Å². The average Bonchev–Trinajstić information content (AvgIpc) is 2.36. The first-order valence-corrected chi connectivity index (χ1v) is 6.16. The van der Waals surface area contributed by atoms with Crippen molar-refractivity contribution in [3.8, 4) is 0 Å². The summed E-state index contributed by atoms with van der Waals surface area (Å²) >= 11 is 4.64. The highest BCUT2D eigenvalue weighted by Gasteiger charge is 2.29. The number of anilines is 1. The van der Waals surface area contributed by atoms with Crippen molar-refractivity contribution >= 4 is 28.8 Å². The molecular formula is C12H13F2N3OS. The van der Waals surface area contributed by atoms with E-state index in [0.717, 1.165) is 0 Å². The van der Waals surface area contributed by atoms with Crippen LogP contribution in [-0.2, 0) is 4.79 Å². The van der Waals surface area contributed by atoms with Crippen LogP contribution in [0.2, 0.25) is 0 Å². The molecule has 0 aromatic heterocycles. The van der Waals surface area contributed by atoms with Gasteiger partial charge in [0.15, 0.2) is 11.6 Å². The third-order valence-corrected chi connectivity index (χ3v) is 3.36. The number of amides is 1. The number of benzene rings is 1. The molecule has 4 nitrogen and oxygen atoms in total. The maximum absolute atomic E-state index is 14.0. The van der Waals surface area contributed by atoms with Gasteiger partial charge in [0.1, 0.15) is 11.0 Å². The highest BCUT2D eigenvalue weighted by atomic mass is 32.1. The van der Waals surface area contributed by atoms with Crippen LogP contribution < -0.4 is 16.0 Å². The second-order valence-corrected chi connectivity index (χ2v) is 4.72. The molecule has 1 aliphatic heterocycles. The number of hydrogen-bond donors (Lipinski definition) is 2. The Balaban J connectivity index is 2.43. The van der Waals surface area contributed by atoms with Gasteiger partial charge in [-0.15, -0.1) is 0 Å². The fraction of sp³-hybridized carbons (Fsp3) is 0.333. The second kappa shape index (κ2) is 5.08. The van der Waals surface area contributed by atoms with Crippen molar-refractivity contribution in [3.05, 3.63) is 29.3 Å². The number of carbonyl (C=O) groups is 1. The third kappa shape index (κ3) is 2.37. The van der Waals surface area contributed by atoms with Crippen LogP contribution >= 0.6 is 12.2 Å². The van der Waals surface area contributed by atoms with E-state index < -0.39 is 17.7 Å². The molecule has 1 aliphatic rings. The lowest BCUT2D eigenvalue weighted by Crippen LogP contribution is -2.54. The zero-order valence-electron chi connectivity index (χ0n) is 10.2. The van der Waals surface area contributed by atoms with Crippen molar-refractivity contribution in [1.82, 2.24) is 5.32 Å². The normalized spacial score (nSPS) is 19.2. The molecule has 1 aromatic carbocycles. The van der Waals surface area contributed by atoms with Crippen LogP contribution in [0.25, 0.3) is 0 Å². The molecule has 7 heteroatoms. The molecule has 1 fully saturated rings. The maximum Gasteiger partial charge on any atom is 0.242 e. The fourth-order valence-corrected chi connectivity index (χ4v) is 2.22. The van der Waals surface area contributed by atoms with Gasteiger partial charge in [-0.05, 0) is 19.1 Å². The van der Waals surface area contributed by atoms with E-state index in [-0.39, 0.29) is 22.1 Å². The molecule has 1 aromatic rings. The van der Waals surface area contributed by atoms with Crippen LogP contribution in [0.15, 0.2) is 12.1 Å². The van der Waals surface area contributed by atoms with E-state index in [1.54, 1.807) is 6.92 Å². The quantitative estimate of drug-likeness (QED) is 0.794. The smallest absolute Gasteiger partial charge is 0.242 e. The summed E-state index contributed by atoms with van der Waals surface area (Å²) in [5, 5.41) is 2.66. The topological polar surface area (TPSA) is 58.4 Å². The molecule has 0 saturated carbocycles. The number of halogens is 2. The first-order valence-electron chi connectivity index (χ1n) is 5.75. The third-order valence-electron chi connectivity index (χ3n) is 3.14. The van der Waals surface area contributed by atoms with Gasteiger partial charge in [-0.25, -0.2) is 8.78 Å². The predicted molar refractivity (Wildman–Crippen MR) is 72.1 cm³/mol. The van der Waals surface area contributed by atoms with Gasteiger partial charge in [0, 0.05) is 18.7 Å². The summed E-state index contributed by atoms with van der Waals surface area (Å²) in [5.41, 5.74) is 5.22. The first-order chi connectivity index (χ1) is 8.93. The number of thiocarbonyl (C=S) groups is 1. The first kappa shape index (κ1) is 13.7. The standard InChI is InChI=1S/C12H13F2N3OS/c1-6-12(18)16-4-5-17(6)8-3-2-7(11(15)19)9(13)10(8)14/h2-3,6H,4-5H2,1H3,(H2,15,19)(H,16,18). The Morgan fingerprint density at radius 2 is 2.16 bits per heavy atom. The Morgan fingerprint density at radius 3 is 2.79 bits per heavy atom. The van der Waals surface area contributed by atoms with Gasteiger partial charge < -0.3 is 16.0 Å². The number of piperazine rings is 1. The van der Waals surface area contributed by atoms with Crippen molar-refractivity contribution in [2.75, 3.05) is 18.0 Å². The number of nitrogens with zero attached hydrogens (tertiary/aromatic N) is 1. The van der Waals surface area contributed by atoms with Crippen LogP contribution in [0.3, 0.4) is 0 Å². The second-order valence-electron chi connectivity index (χ2n) is 4.28. The molecule has 102 valence electrons. The van der Waals surface area contributed by atoms with Gasteiger partial charge in [0.25, 0.3) is 0 Å². The lowest BCUT2D eigenvalue weighted by molar-refractivity contribution is -0.122. The largest absolute Gasteiger partial charge is 0.389 e. The monoisotopic (exact) mass is 285 g/mol. The van der Waals surface area contributed by atoms with Gasteiger partial charge in [-0.1, -0.05) is 12.2 Å². The predicted octanol–water partition coefficient (Wildman–Crippen LogP) is 0.924. The molecule has 1 saturated heterocycles. The van der Waals surface area contributed by atoms with Crippen molar-refractivity contribution < 1.29 is 13.6 Å². The van der Waals surface area contributed by atoms with E-state index in [4.69, 9.17) is 5.73 Å². The molecule has 1 heterocycles. The molecule has 0 bridgehead atoms. The molecule has 1 atom stereocenters. The Labute approximate surface area is 114 Å². The number of hydrogen-bond acceptors (Lipinski definition) is 3. The molecule has 19 heavy (non-hydrogen) atoms. The summed E-state index contributed by atoms with van der Waals surface area (Å²) in [7, 11) is 0. The average molecular weight is 285 g/mol. The van der Waals surface area contributed by atoms with E-state index >= 15 is 0 Å². The van der Waals surface area contributed by atoms with E-state index in [2.05, 4.69) is 17.5 Å². The van der Waals surface area contributed by atoms with E-state index in [1.165, 1.54) is 17.0 Å². The van der Waals surface area contributed by atoms with Crippen LogP contribution in [0.4, 0.5) is 14.5 Å². The Hall–Kier alpha value is -1.76. The van der Waals surface area contributed by atoms with Crippen LogP contribution in [-0.4, -0.2) is 30.0 Å². The van der Waals surface area contributed by atoms with Crippen molar-refractivity contribution in [3.63, 3.8) is 0 Å². The molecular weight excluding hydrogens is 272 g/mol. The number of rotatable bonds is 2. The van der Waals surface area contributed by atoms with Crippen molar-refractivity contribution in [1.29, 1.82) is 0 Å². The highest BCUT2D eigenvalue weighted by Crippen LogP contribution is 2.26. The Morgan fingerprint density at radius 1 is 1.47 bits per heavy atom. The SMILES string of the molecule is CC1C(=O)NCCN1c1ccc(C(N)=S)c(F)c1F. The number of nitrogens with one attached hydrogen (secondary N) is 1. The van der Waals surface area contributed by atoms with E-state index in [9.17, 15) is 13.6 Å². The van der Waals surface area contributed by atoms with Crippen LogP contribution in [0.1, 0.15) is 12.5 Å². The molecule has 3 N–H and O–H groups in total. The van der Waals surface area contributed by atoms with Crippen LogP contribution in [0.5, 0.6) is 0 Å². The lowest BCUT2D eigenvalue weighted by atomic mass is 10.1. The zero-order chi connectivity index (χ0) is 14.2. The van der Waals surface area contributed by atoms with Crippen molar-refractivity contribution in [2.45, 2.75) is 13.0 Å². The summed E-state index contributed by atoms with van der Waals surface area (Å²) in [6, 6.07) is 2.16. The molecule has 1 amide bonds. The Kier molecular flexibility index (Phi) is 3.66. The van der Waals surface area contributed by atoms with Gasteiger partial charge in [-0.3, -0.25) is 4.79 Å². The summed E-state index contributed by atoms with van der Waals surface area (Å²) in [6.45, 7) is 2.43. The number of nitrogens with two attached hydrogens (primary N) is 1. The van der Waals surface area contributed by atoms with Gasteiger partial charge >= 0.3 is 0 Å². The molecule has 0 radical (unpaired) electrons. The van der Waals surface area contributed by atoms with Gasteiger partial charge in [0.2, 0.25) is 5.91 Å². The van der Waals surface area contributed by atoms with Crippen molar-refractivity contribution in [2.24, 2.45) is 5.73 Å². The fourth-order valence-electron chi connectivity index (χ4n) is 2.06. The molecule has 2 rings (SSSR count). The highest BCUT2D eigenvalue weighted by molar-refractivity contribution is 7.80. The van der Waals surface area contributed by atoms with E-state index in [1.807, 2.05) is 0 Å². The summed E-state index contributed by atoms with van der Waals surface area (Å²) in [6.07, 6.45) is 0. The lowest BCUT2D eigenvalue weighted by Gasteiger charge is -2.35. The molecule has 1 unspecified atom stereocenters. The minimum atomic E-state index is -1.08. The summed E-state index contributed by atoms with van der Waals surface area (Å²) in [4.78, 5) is 12.9. The van der Waals surface area contributed by atoms with Gasteiger partial charge in [0.05, 0.1) is 5.69 Å². The molecule has 0 aliphatic carbocycles. The zero-order valence-corrected chi connectivity index (χ0v) is 11.1. The Bertz CT molecular complexity index is 550. The minimum absolute atomic E-state index is 0.0415. The molecule has 0 spiro atoms. The van der Waals surface area contributed by atoms with E-state index in [0.29, 0.717) is 13.1 Å². The number of carbonyl (C=O) groups excluding carboxylic acids is 1.